The van der Waals surface area contributed by atoms with Crippen molar-refractivity contribution in [2.75, 3.05) is 7.05 Å². The van der Waals surface area contributed by atoms with E-state index in [2.05, 4.69) is 0 Å². The molecule has 9 heteroatoms. The van der Waals surface area contributed by atoms with Gasteiger partial charge in [0.15, 0.2) is 0 Å². The zero-order chi connectivity index (χ0) is 15.7. The monoisotopic (exact) mass is 304 g/mol. The van der Waals surface area contributed by atoms with Gasteiger partial charge < -0.3 is 14.8 Å². The highest BCUT2D eigenvalue weighted by Gasteiger charge is 2.27. The van der Waals surface area contributed by atoms with Crippen LogP contribution in [0.2, 0.25) is 0 Å². The van der Waals surface area contributed by atoms with E-state index in [4.69, 9.17) is 10.2 Å². The van der Waals surface area contributed by atoms with Gasteiger partial charge in [0.25, 0.3) is 0 Å². The predicted molar refractivity (Wildman–Crippen MR) is 69.1 cm³/mol. The Kier molecular flexibility index (Phi) is 4.56. The number of carboxylic acid groups (broad SMARTS) is 2. The van der Waals surface area contributed by atoms with Crippen molar-refractivity contribution >= 4 is 22.0 Å². The van der Waals surface area contributed by atoms with Gasteiger partial charge in [-0.1, -0.05) is 0 Å². The van der Waals surface area contributed by atoms with Crippen molar-refractivity contribution in [2.45, 2.75) is 31.3 Å². The highest BCUT2D eigenvalue weighted by molar-refractivity contribution is 7.89. The zero-order valence-corrected chi connectivity index (χ0v) is 12.1. The Hall–Kier alpha value is -1.87. The van der Waals surface area contributed by atoms with Gasteiger partial charge in [0, 0.05) is 19.3 Å². The van der Waals surface area contributed by atoms with Crippen LogP contribution < -0.4 is 0 Å². The second-order valence-electron chi connectivity index (χ2n) is 4.50. The minimum absolute atomic E-state index is 0.243. The summed E-state index contributed by atoms with van der Waals surface area (Å²) in [5.74, 6) is -2.65. The molecule has 0 aliphatic carbocycles. The van der Waals surface area contributed by atoms with Gasteiger partial charge in [-0.2, -0.15) is 4.31 Å². The predicted octanol–water partition coefficient (Wildman–Crippen LogP) is 0.300. The third-order valence-electron chi connectivity index (χ3n) is 2.80. The van der Waals surface area contributed by atoms with Crippen LogP contribution in [0.25, 0.3) is 0 Å². The maximum atomic E-state index is 12.2. The molecule has 0 fully saturated rings. The van der Waals surface area contributed by atoms with Crippen molar-refractivity contribution in [3.05, 3.63) is 18.0 Å². The van der Waals surface area contributed by atoms with Gasteiger partial charge in [-0.15, -0.1) is 0 Å². The molecule has 1 rings (SSSR count). The summed E-state index contributed by atoms with van der Waals surface area (Å²) < 4.78 is 26.4. The van der Waals surface area contributed by atoms with Gasteiger partial charge in [-0.3, -0.25) is 4.79 Å². The highest BCUT2D eigenvalue weighted by atomic mass is 32.2. The van der Waals surface area contributed by atoms with Crippen LogP contribution in [0.4, 0.5) is 0 Å². The van der Waals surface area contributed by atoms with E-state index in [0.717, 1.165) is 21.1 Å². The number of aliphatic carboxylic acids is 1. The number of carboxylic acids is 2. The molecule has 8 nitrogen and oxygen atoms in total. The lowest BCUT2D eigenvalue weighted by molar-refractivity contribution is -0.137. The largest absolute Gasteiger partial charge is 0.480 e. The van der Waals surface area contributed by atoms with Crippen molar-refractivity contribution in [3.8, 4) is 0 Å². The molecule has 20 heavy (non-hydrogen) atoms. The summed E-state index contributed by atoms with van der Waals surface area (Å²) in [6.07, 6.45) is 1.02. The summed E-state index contributed by atoms with van der Waals surface area (Å²) in [5.41, 5.74) is -0.386. The minimum atomic E-state index is -3.85. The average molecular weight is 304 g/mol. The van der Waals surface area contributed by atoms with E-state index in [1.165, 1.54) is 7.05 Å². The first-order valence-electron chi connectivity index (χ1n) is 5.70. The van der Waals surface area contributed by atoms with Crippen molar-refractivity contribution in [3.63, 3.8) is 0 Å². The van der Waals surface area contributed by atoms with Gasteiger partial charge in [-0.25, -0.2) is 13.2 Å². The van der Waals surface area contributed by atoms with Crippen LogP contribution in [-0.4, -0.2) is 52.5 Å². The van der Waals surface area contributed by atoms with Crippen LogP contribution in [-0.2, 0) is 21.4 Å². The Labute approximate surface area is 116 Å². The summed E-state index contributed by atoms with van der Waals surface area (Å²) in [6, 6.07) is 0.649. The molecule has 0 aromatic carbocycles. The van der Waals surface area contributed by atoms with Gasteiger partial charge in [0.05, 0.1) is 0 Å². The van der Waals surface area contributed by atoms with Crippen LogP contribution in [0.3, 0.4) is 0 Å². The minimum Gasteiger partial charge on any atom is -0.480 e. The van der Waals surface area contributed by atoms with Gasteiger partial charge in [0.2, 0.25) is 10.0 Å². The summed E-state index contributed by atoms with van der Waals surface area (Å²) in [5, 5.41) is 17.7. The quantitative estimate of drug-likeness (QED) is 0.780. The molecule has 2 N–H and O–H groups in total. The maximum absolute atomic E-state index is 12.2. The van der Waals surface area contributed by atoms with E-state index >= 15 is 0 Å². The second-order valence-corrected chi connectivity index (χ2v) is 6.50. The Balaban J connectivity index is 3.34. The molecule has 1 heterocycles. The molecule has 0 radical (unpaired) electrons. The van der Waals surface area contributed by atoms with Crippen LogP contribution in [0, 0.1) is 0 Å². The Morgan fingerprint density at radius 1 is 1.35 bits per heavy atom. The van der Waals surface area contributed by atoms with E-state index in [9.17, 15) is 18.0 Å². The molecule has 0 atom stereocenters. The standard InChI is InChI=1S/C11H16N2O6S/c1-7(2)12(3)20(18,19)8-4-9(11(16)17)13(5-8)6-10(14)15/h4-5,7H,6H2,1-3H3,(H,14,15)(H,16,17). The maximum Gasteiger partial charge on any atom is 0.352 e. The molecule has 0 unspecified atom stereocenters. The van der Waals surface area contributed by atoms with Crippen LogP contribution >= 0.6 is 0 Å². The fourth-order valence-corrected chi connectivity index (χ4v) is 2.93. The molecular formula is C11H16N2O6S. The number of carbonyl (C=O) groups is 2. The number of aromatic nitrogens is 1. The molecule has 1 aromatic rings. The number of hydrogen-bond donors (Lipinski definition) is 2. The first kappa shape index (κ1) is 16.2. The lowest BCUT2D eigenvalue weighted by Gasteiger charge is -2.19. The third-order valence-corrected chi connectivity index (χ3v) is 4.80. The summed E-state index contributed by atoms with van der Waals surface area (Å²) >= 11 is 0. The Bertz CT molecular complexity index is 631. The summed E-state index contributed by atoms with van der Waals surface area (Å²) in [7, 11) is -2.48. The average Bonchev–Trinajstić information content (AvgIpc) is 2.71. The van der Waals surface area contributed by atoms with Crippen molar-refractivity contribution in [2.24, 2.45) is 0 Å². The topological polar surface area (TPSA) is 117 Å². The molecule has 0 aliphatic heterocycles. The number of hydrogen-bond acceptors (Lipinski definition) is 4. The Morgan fingerprint density at radius 3 is 2.30 bits per heavy atom. The van der Waals surface area contributed by atoms with Crippen LogP contribution in [0.15, 0.2) is 17.2 Å². The number of rotatable bonds is 6. The lowest BCUT2D eigenvalue weighted by atomic mass is 10.4. The Morgan fingerprint density at radius 2 is 1.90 bits per heavy atom. The molecule has 0 aliphatic rings. The molecule has 0 saturated carbocycles. The van der Waals surface area contributed by atoms with E-state index in [0.29, 0.717) is 0 Å². The second kappa shape index (κ2) is 5.63. The molecule has 112 valence electrons. The molecule has 1 aromatic heterocycles. The van der Waals surface area contributed by atoms with Crippen molar-refractivity contribution < 1.29 is 28.2 Å². The highest BCUT2D eigenvalue weighted by Crippen LogP contribution is 2.20. The summed E-state index contributed by atoms with van der Waals surface area (Å²) in [4.78, 5) is 21.5. The van der Waals surface area contributed by atoms with E-state index in [-0.39, 0.29) is 16.6 Å². The smallest absolute Gasteiger partial charge is 0.352 e. The number of sulfonamides is 1. The molecular weight excluding hydrogens is 288 g/mol. The zero-order valence-electron chi connectivity index (χ0n) is 11.3. The number of aromatic carboxylic acids is 1. The fraction of sp³-hybridized carbons (Fsp3) is 0.455. The van der Waals surface area contributed by atoms with Crippen LogP contribution in [0.1, 0.15) is 24.3 Å². The number of nitrogens with zero attached hydrogens (tertiary/aromatic N) is 2. The SMILES string of the molecule is CC(C)N(C)S(=O)(=O)c1cc(C(=O)O)n(CC(=O)O)c1. The fourth-order valence-electron chi connectivity index (χ4n) is 1.52. The normalized spacial score (nSPS) is 12.1. The molecule has 0 spiro atoms. The van der Waals surface area contributed by atoms with Gasteiger partial charge in [0.1, 0.15) is 17.1 Å². The van der Waals surface area contributed by atoms with Crippen molar-refractivity contribution in [1.29, 1.82) is 0 Å². The van der Waals surface area contributed by atoms with Crippen molar-refractivity contribution in [1.82, 2.24) is 8.87 Å². The molecule has 0 amide bonds. The first-order chi connectivity index (χ1) is 9.07. The van der Waals surface area contributed by atoms with E-state index in [1.807, 2.05) is 0 Å². The van der Waals surface area contributed by atoms with Gasteiger partial charge >= 0.3 is 11.9 Å². The van der Waals surface area contributed by atoms with Gasteiger partial charge in [-0.05, 0) is 19.9 Å². The molecule has 0 bridgehead atoms. The van der Waals surface area contributed by atoms with Crippen LogP contribution in [0.5, 0.6) is 0 Å². The van der Waals surface area contributed by atoms with E-state index < -0.39 is 28.5 Å². The third kappa shape index (κ3) is 3.17. The lowest BCUT2D eigenvalue weighted by Crippen LogP contribution is -2.32. The van der Waals surface area contributed by atoms with E-state index in [1.54, 1.807) is 13.8 Å². The first-order valence-corrected chi connectivity index (χ1v) is 7.14. The molecule has 0 saturated heterocycles. The summed E-state index contributed by atoms with van der Waals surface area (Å²) in [6.45, 7) is 2.72.